The summed E-state index contributed by atoms with van der Waals surface area (Å²) in [5, 5.41) is 12.4. The first-order chi connectivity index (χ1) is 7.04. The first-order valence-corrected chi connectivity index (χ1v) is 5.99. The monoisotopic (exact) mass is 213 g/mol. The van der Waals surface area contributed by atoms with Crippen LogP contribution in [0, 0.1) is 5.41 Å². The first kappa shape index (κ1) is 12.5. The average molecular weight is 213 g/mol. The Labute approximate surface area is 92.3 Å². The highest BCUT2D eigenvalue weighted by Crippen LogP contribution is 2.38. The van der Waals surface area contributed by atoms with Crippen molar-refractivity contribution >= 4 is 5.97 Å². The van der Waals surface area contributed by atoms with Gasteiger partial charge in [0.1, 0.15) is 0 Å². The molecule has 2 N–H and O–H groups in total. The maximum atomic E-state index is 10.9. The molecule has 0 aromatic rings. The van der Waals surface area contributed by atoms with Crippen molar-refractivity contribution in [2.45, 2.75) is 58.4 Å². The molecule has 1 saturated carbocycles. The van der Waals surface area contributed by atoms with Crippen molar-refractivity contribution < 1.29 is 9.90 Å². The Morgan fingerprint density at radius 1 is 1.33 bits per heavy atom. The van der Waals surface area contributed by atoms with Crippen LogP contribution in [-0.2, 0) is 4.79 Å². The Bertz CT molecular complexity index is 208. The molecule has 0 heterocycles. The molecule has 0 aromatic heterocycles. The average Bonchev–Trinajstić information content (AvgIpc) is 2.15. The quantitative estimate of drug-likeness (QED) is 0.737. The van der Waals surface area contributed by atoms with Crippen molar-refractivity contribution in [1.82, 2.24) is 5.32 Å². The van der Waals surface area contributed by atoms with Crippen LogP contribution in [0.5, 0.6) is 0 Å². The van der Waals surface area contributed by atoms with E-state index in [1.807, 2.05) is 0 Å². The summed E-state index contributed by atoms with van der Waals surface area (Å²) in [7, 11) is 0. The van der Waals surface area contributed by atoms with Gasteiger partial charge in [-0.3, -0.25) is 4.79 Å². The van der Waals surface area contributed by atoms with Crippen molar-refractivity contribution in [3.05, 3.63) is 0 Å². The zero-order valence-corrected chi connectivity index (χ0v) is 9.88. The maximum Gasteiger partial charge on any atom is 0.303 e. The number of nitrogens with one attached hydrogen (secondary N) is 1. The van der Waals surface area contributed by atoms with E-state index in [1.165, 1.54) is 19.3 Å². The minimum absolute atomic E-state index is 0.0222. The van der Waals surface area contributed by atoms with Gasteiger partial charge in [-0.15, -0.1) is 0 Å². The van der Waals surface area contributed by atoms with Crippen LogP contribution in [0.25, 0.3) is 0 Å². The molecule has 3 nitrogen and oxygen atoms in total. The second kappa shape index (κ2) is 5.50. The van der Waals surface area contributed by atoms with E-state index < -0.39 is 5.97 Å². The summed E-state index contributed by atoms with van der Waals surface area (Å²) >= 11 is 0. The highest BCUT2D eigenvalue weighted by Gasteiger charge is 2.34. The third-order valence-electron chi connectivity index (χ3n) is 3.33. The van der Waals surface area contributed by atoms with Crippen LogP contribution in [0.2, 0.25) is 0 Å². The Morgan fingerprint density at radius 3 is 2.40 bits per heavy atom. The van der Waals surface area contributed by atoms with Crippen molar-refractivity contribution in [3.8, 4) is 0 Å². The summed E-state index contributed by atoms with van der Waals surface area (Å²) in [5.41, 5.74) is 0.0222. The minimum atomic E-state index is -0.651. The Morgan fingerprint density at radius 2 is 1.93 bits per heavy atom. The fourth-order valence-corrected chi connectivity index (χ4v) is 2.46. The summed E-state index contributed by atoms with van der Waals surface area (Å²) in [6.45, 7) is 5.07. The number of hydrogen-bond acceptors (Lipinski definition) is 2. The fourth-order valence-electron chi connectivity index (χ4n) is 2.46. The molecule has 1 rings (SSSR count). The van der Waals surface area contributed by atoms with Crippen LogP contribution in [0.15, 0.2) is 0 Å². The molecule has 0 aliphatic heterocycles. The van der Waals surface area contributed by atoms with Gasteiger partial charge in [0.25, 0.3) is 0 Å². The molecule has 15 heavy (non-hydrogen) atoms. The molecule has 0 amide bonds. The van der Waals surface area contributed by atoms with E-state index in [4.69, 9.17) is 5.11 Å². The summed E-state index contributed by atoms with van der Waals surface area (Å²) < 4.78 is 0. The van der Waals surface area contributed by atoms with Crippen LogP contribution < -0.4 is 5.32 Å². The van der Waals surface area contributed by atoms with E-state index in [0.29, 0.717) is 12.5 Å². The Kier molecular flexibility index (Phi) is 4.58. The van der Waals surface area contributed by atoms with Crippen molar-refractivity contribution in [1.29, 1.82) is 0 Å². The van der Waals surface area contributed by atoms with Gasteiger partial charge in [-0.05, 0) is 18.3 Å². The van der Waals surface area contributed by atoms with Gasteiger partial charge < -0.3 is 10.4 Å². The molecule has 0 atom stereocenters. The minimum Gasteiger partial charge on any atom is -0.481 e. The Hall–Kier alpha value is -0.570. The highest BCUT2D eigenvalue weighted by atomic mass is 16.4. The maximum absolute atomic E-state index is 10.9. The smallest absolute Gasteiger partial charge is 0.303 e. The van der Waals surface area contributed by atoms with Gasteiger partial charge in [0.05, 0.1) is 6.42 Å². The topological polar surface area (TPSA) is 49.3 Å². The molecule has 3 heteroatoms. The summed E-state index contributed by atoms with van der Waals surface area (Å²) in [5.74, 6) is -0.651. The molecule has 0 saturated heterocycles. The van der Waals surface area contributed by atoms with Crippen LogP contribution in [0.1, 0.15) is 52.4 Å². The normalized spacial score (nSPS) is 20.5. The second-order valence-corrected chi connectivity index (χ2v) is 5.17. The van der Waals surface area contributed by atoms with Crippen molar-refractivity contribution in [2.75, 3.05) is 6.54 Å². The SMILES string of the molecule is CC(C)NCC1(CC(=O)O)CCCCC1. The van der Waals surface area contributed by atoms with E-state index in [0.717, 1.165) is 19.4 Å². The number of carbonyl (C=O) groups is 1. The lowest BCUT2D eigenvalue weighted by Crippen LogP contribution is -2.40. The number of carboxylic acids is 1. The van der Waals surface area contributed by atoms with Gasteiger partial charge in [0.15, 0.2) is 0 Å². The van der Waals surface area contributed by atoms with Gasteiger partial charge in [0.2, 0.25) is 0 Å². The zero-order chi connectivity index (χ0) is 11.3. The number of hydrogen-bond donors (Lipinski definition) is 2. The van der Waals surface area contributed by atoms with E-state index in [2.05, 4.69) is 19.2 Å². The third-order valence-corrected chi connectivity index (χ3v) is 3.33. The van der Waals surface area contributed by atoms with E-state index >= 15 is 0 Å². The molecule has 0 bridgehead atoms. The molecule has 1 aliphatic carbocycles. The summed E-state index contributed by atoms with van der Waals surface area (Å²) in [6, 6.07) is 0.442. The molecule has 0 unspecified atom stereocenters. The largest absolute Gasteiger partial charge is 0.481 e. The van der Waals surface area contributed by atoms with Gasteiger partial charge >= 0.3 is 5.97 Å². The summed E-state index contributed by atoms with van der Waals surface area (Å²) in [4.78, 5) is 10.9. The predicted molar refractivity (Wildman–Crippen MR) is 60.9 cm³/mol. The Balaban J connectivity index is 2.53. The third kappa shape index (κ3) is 4.20. The zero-order valence-electron chi connectivity index (χ0n) is 9.88. The summed E-state index contributed by atoms with van der Waals surface area (Å²) in [6.07, 6.45) is 6.11. The van der Waals surface area contributed by atoms with Crippen LogP contribution in [-0.4, -0.2) is 23.7 Å². The van der Waals surface area contributed by atoms with Crippen molar-refractivity contribution in [2.24, 2.45) is 5.41 Å². The van der Waals surface area contributed by atoms with E-state index in [-0.39, 0.29) is 5.41 Å². The number of rotatable bonds is 5. The molecule has 88 valence electrons. The number of carboxylic acid groups (broad SMARTS) is 1. The molecule has 0 spiro atoms. The van der Waals surface area contributed by atoms with Crippen LogP contribution >= 0.6 is 0 Å². The van der Waals surface area contributed by atoms with Gasteiger partial charge in [-0.2, -0.15) is 0 Å². The number of aliphatic carboxylic acids is 1. The lowest BCUT2D eigenvalue weighted by atomic mass is 9.71. The molecule has 0 aromatic carbocycles. The van der Waals surface area contributed by atoms with Gasteiger partial charge in [0, 0.05) is 12.6 Å². The van der Waals surface area contributed by atoms with Crippen LogP contribution in [0.3, 0.4) is 0 Å². The van der Waals surface area contributed by atoms with Crippen molar-refractivity contribution in [3.63, 3.8) is 0 Å². The molecule has 1 fully saturated rings. The lowest BCUT2D eigenvalue weighted by molar-refractivity contribution is -0.140. The second-order valence-electron chi connectivity index (χ2n) is 5.17. The molecular weight excluding hydrogens is 190 g/mol. The lowest BCUT2D eigenvalue weighted by Gasteiger charge is -2.37. The standard InChI is InChI=1S/C12H23NO2/c1-10(2)13-9-12(8-11(14)15)6-4-3-5-7-12/h10,13H,3-9H2,1-2H3,(H,14,15). The van der Waals surface area contributed by atoms with Gasteiger partial charge in [-0.25, -0.2) is 0 Å². The fraction of sp³-hybridized carbons (Fsp3) is 0.917. The van der Waals surface area contributed by atoms with Crippen LogP contribution in [0.4, 0.5) is 0 Å². The predicted octanol–water partition coefficient (Wildman–Crippen LogP) is 2.41. The molecular formula is C12H23NO2. The molecule has 1 aliphatic rings. The van der Waals surface area contributed by atoms with Gasteiger partial charge in [-0.1, -0.05) is 33.1 Å². The molecule has 0 radical (unpaired) electrons. The highest BCUT2D eigenvalue weighted by molar-refractivity contribution is 5.67. The van der Waals surface area contributed by atoms with E-state index in [9.17, 15) is 4.79 Å². The first-order valence-electron chi connectivity index (χ1n) is 5.99. The van der Waals surface area contributed by atoms with E-state index in [1.54, 1.807) is 0 Å².